The van der Waals surface area contributed by atoms with Gasteiger partial charge in [-0.05, 0) is 61.3 Å². The Bertz CT molecular complexity index is 1770. The summed E-state index contributed by atoms with van der Waals surface area (Å²) in [5.74, 6) is -1.45. The molecule has 11 heteroatoms. The summed E-state index contributed by atoms with van der Waals surface area (Å²) in [5.41, 5.74) is 1.70. The van der Waals surface area contributed by atoms with Gasteiger partial charge in [-0.2, -0.15) is 0 Å². The number of carbonyl (C=O) groups is 4. The van der Waals surface area contributed by atoms with Crippen molar-refractivity contribution in [1.82, 2.24) is 20.4 Å². The number of rotatable bonds is 6. The molecule has 3 saturated heterocycles. The minimum atomic E-state index is -3.81. The van der Waals surface area contributed by atoms with Gasteiger partial charge in [0.1, 0.15) is 12.1 Å². The second kappa shape index (κ2) is 14.3. The van der Waals surface area contributed by atoms with E-state index in [1.807, 2.05) is 41.3 Å². The van der Waals surface area contributed by atoms with Crippen molar-refractivity contribution in [1.29, 1.82) is 0 Å². The summed E-state index contributed by atoms with van der Waals surface area (Å²) in [5, 5.41) is 5.68. The normalized spacial score (nSPS) is 25.2. The van der Waals surface area contributed by atoms with Crippen molar-refractivity contribution in [2.45, 2.75) is 67.8 Å². The number of carbonyl (C=O) groups excluding carboxylic acids is 4. The fourth-order valence-electron chi connectivity index (χ4n) is 7.49. The maximum atomic E-state index is 14.4. The molecule has 3 aliphatic rings. The molecule has 0 radical (unpaired) electrons. The first-order valence-corrected chi connectivity index (χ1v) is 18.3. The van der Waals surface area contributed by atoms with Gasteiger partial charge in [-0.15, -0.1) is 0 Å². The van der Waals surface area contributed by atoms with E-state index in [9.17, 15) is 27.6 Å². The molecule has 3 aromatic carbocycles. The smallest absolute Gasteiger partial charge is 0.255 e. The first-order valence-electron chi connectivity index (χ1n) is 16.7. The van der Waals surface area contributed by atoms with Crippen LogP contribution in [0.2, 0.25) is 0 Å². The van der Waals surface area contributed by atoms with Crippen LogP contribution in [0.15, 0.2) is 89.8 Å². The van der Waals surface area contributed by atoms with E-state index < -0.39 is 27.8 Å². The van der Waals surface area contributed by atoms with Crippen molar-refractivity contribution in [3.05, 3.63) is 102 Å². The molecule has 5 atom stereocenters. The molecule has 10 nitrogen and oxygen atoms in total. The van der Waals surface area contributed by atoms with Crippen molar-refractivity contribution < 1.29 is 27.6 Å². The number of nitrogens with zero attached hydrogens (tertiary/aromatic N) is 2. The second-order valence-electron chi connectivity index (χ2n) is 13.3. The van der Waals surface area contributed by atoms with E-state index in [1.54, 1.807) is 54.3 Å². The van der Waals surface area contributed by atoms with Crippen molar-refractivity contribution in [3.63, 3.8) is 0 Å². The number of nitrogens with one attached hydrogen (secondary N) is 2. The first kappa shape index (κ1) is 33.4. The lowest BCUT2D eigenvalue weighted by atomic mass is 9.77. The standard InChI is InChI=1S/C37H42N4O6S/c1-25-35(43)39-31(20-26-11-4-2-5-12-26)37(45)41-22-28-19-29(32(41)16-10-18-34(42)38-25)23-40(21-28)36(44)30-15-8-9-17-33(30)48(46,47)24-27-13-6-3-7-14-27/h2-9,11-15,17,25,28-29,31-32H,10,16,18-24H2,1H3,(H,38,42)(H,39,43)/t25-,28+,29-,31+,32+/m1/s1. The molecule has 252 valence electrons. The van der Waals surface area contributed by atoms with E-state index in [0.29, 0.717) is 44.5 Å². The van der Waals surface area contributed by atoms with Gasteiger partial charge in [-0.25, -0.2) is 8.42 Å². The molecule has 3 aliphatic heterocycles. The molecule has 3 aromatic rings. The number of piperidine rings is 2. The number of sulfone groups is 1. The summed E-state index contributed by atoms with van der Waals surface area (Å²) < 4.78 is 27.1. The summed E-state index contributed by atoms with van der Waals surface area (Å²) in [6.45, 7) is 2.76. The van der Waals surface area contributed by atoms with E-state index in [2.05, 4.69) is 10.6 Å². The van der Waals surface area contributed by atoms with Crippen LogP contribution in [0.1, 0.15) is 54.1 Å². The predicted octanol–water partition coefficient (Wildman–Crippen LogP) is 3.37. The minimum absolute atomic E-state index is 0.0112. The number of fused-ring (bicyclic) bond motifs is 4. The van der Waals surface area contributed by atoms with Crippen LogP contribution in [0.3, 0.4) is 0 Å². The molecule has 2 N–H and O–H groups in total. The van der Waals surface area contributed by atoms with Crippen LogP contribution in [0, 0.1) is 11.8 Å². The summed E-state index contributed by atoms with van der Waals surface area (Å²) in [4.78, 5) is 58.0. The summed E-state index contributed by atoms with van der Waals surface area (Å²) in [6, 6.07) is 23.0. The third-order valence-corrected chi connectivity index (χ3v) is 11.5. The highest BCUT2D eigenvalue weighted by atomic mass is 32.2. The van der Waals surface area contributed by atoms with Gasteiger partial charge in [0.2, 0.25) is 17.7 Å². The average molecular weight is 671 g/mol. The third kappa shape index (κ3) is 7.46. The molecule has 4 amide bonds. The molecule has 0 unspecified atom stereocenters. The maximum absolute atomic E-state index is 14.4. The Morgan fingerprint density at radius 3 is 2.23 bits per heavy atom. The number of benzene rings is 3. The molecular formula is C37H42N4O6S. The Balaban J connectivity index is 1.26. The number of likely N-dealkylation sites (tertiary alicyclic amines) is 1. The van der Waals surface area contributed by atoms with Gasteiger partial charge in [0.15, 0.2) is 9.84 Å². The Hall–Kier alpha value is -4.51. The number of amides is 4. The van der Waals surface area contributed by atoms with E-state index in [0.717, 1.165) is 12.0 Å². The second-order valence-corrected chi connectivity index (χ2v) is 15.3. The highest BCUT2D eigenvalue weighted by molar-refractivity contribution is 7.90. The Kier molecular flexibility index (Phi) is 9.96. The largest absolute Gasteiger partial charge is 0.345 e. The molecule has 6 rings (SSSR count). The van der Waals surface area contributed by atoms with Crippen LogP contribution in [-0.4, -0.2) is 79.6 Å². The zero-order chi connectivity index (χ0) is 33.8. The van der Waals surface area contributed by atoms with Crippen LogP contribution in [0.4, 0.5) is 0 Å². The predicted molar refractivity (Wildman–Crippen MR) is 180 cm³/mol. The molecule has 0 aliphatic carbocycles. The van der Waals surface area contributed by atoms with Gasteiger partial charge >= 0.3 is 0 Å². The lowest BCUT2D eigenvalue weighted by molar-refractivity contribution is -0.145. The van der Waals surface area contributed by atoms with Crippen LogP contribution in [0.25, 0.3) is 0 Å². The highest BCUT2D eigenvalue weighted by Gasteiger charge is 2.45. The SMILES string of the molecule is C[C@H]1NC(=O)CCC[C@H]2[C@@H]3C[C@@H](CN(C(=O)c4ccccc4S(=O)(=O)Cc4ccccc4)C3)CN2C(=O)[C@H](Cc2ccccc2)NC1=O. The Morgan fingerprint density at radius 1 is 0.833 bits per heavy atom. The van der Waals surface area contributed by atoms with Crippen molar-refractivity contribution in [2.24, 2.45) is 11.8 Å². The summed E-state index contributed by atoms with van der Waals surface area (Å²) in [6.07, 6.45) is 2.43. The van der Waals surface area contributed by atoms with Gasteiger partial charge in [-0.1, -0.05) is 72.8 Å². The monoisotopic (exact) mass is 670 g/mol. The van der Waals surface area contributed by atoms with Crippen LogP contribution >= 0.6 is 0 Å². The summed E-state index contributed by atoms with van der Waals surface area (Å²) in [7, 11) is -3.81. The van der Waals surface area contributed by atoms with E-state index in [1.165, 1.54) is 6.07 Å². The summed E-state index contributed by atoms with van der Waals surface area (Å²) >= 11 is 0. The fourth-order valence-corrected chi connectivity index (χ4v) is 9.05. The van der Waals surface area contributed by atoms with Gasteiger partial charge in [0, 0.05) is 38.5 Å². The topological polar surface area (TPSA) is 133 Å². The average Bonchev–Trinajstić information content (AvgIpc) is 3.08. The van der Waals surface area contributed by atoms with E-state index in [4.69, 9.17) is 0 Å². The third-order valence-electron chi connectivity index (χ3n) is 9.76. The Labute approximate surface area is 281 Å². The molecule has 3 fully saturated rings. The quantitative estimate of drug-likeness (QED) is 0.414. The van der Waals surface area contributed by atoms with Crippen LogP contribution in [0.5, 0.6) is 0 Å². The van der Waals surface area contributed by atoms with Crippen molar-refractivity contribution in [3.8, 4) is 0 Å². The zero-order valence-corrected chi connectivity index (χ0v) is 27.9. The molecular weight excluding hydrogens is 628 g/mol. The molecule has 0 spiro atoms. The maximum Gasteiger partial charge on any atom is 0.255 e. The number of hydrogen-bond acceptors (Lipinski definition) is 6. The molecule has 2 bridgehead atoms. The van der Waals surface area contributed by atoms with Gasteiger partial charge in [0.25, 0.3) is 5.91 Å². The fraction of sp³-hybridized carbons (Fsp3) is 0.405. The zero-order valence-electron chi connectivity index (χ0n) is 27.1. The molecule has 3 heterocycles. The van der Waals surface area contributed by atoms with E-state index >= 15 is 0 Å². The van der Waals surface area contributed by atoms with E-state index in [-0.39, 0.29) is 58.2 Å². The first-order chi connectivity index (χ1) is 23.1. The number of hydrogen-bond donors (Lipinski definition) is 2. The van der Waals surface area contributed by atoms with Crippen molar-refractivity contribution >= 4 is 33.5 Å². The van der Waals surface area contributed by atoms with Gasteiger partial charge in [0.05, 0.1) is 16.2 Å². The van der Waals surface area contributed by atoms with Crippen molar-refractivity contribution in [2.75, 3.05) is 19.6 Å². The molecule has 0 aromatic heterocycles. The molecule has 0 saturated carbocycles. The highest BCUT2D eigenvalue weighted by Crippen LogP contribution is 2.37. The Morgan fingerprint density at radius 2 is 1.50 bits per heavy atom. The minimum Gasteiger partial charge on any atom is -0.345 e. The van der Waals surface area contributed by atoms with Crippen LogP contribution in [-0.2, 0) is 36.4 Å². The lowest BCUT2D eigenvalue weighted by Gasteiger charge is -2.51. The lowest BCUT2D eigenvalue weighted by Crippen LogP contribution is -2.64. The van der Waals surface area contributed by atoms with Crippen LogP contribution < -0.4 is 10.6 Å². The van der Waals surface area contributed by atoms with Gasteiger partial charge in [-0.3, -0.25) is 19.2 Å². The van der Waals surface area contributed by atoms with Gasteiger partial charge < -0.3 is 20.4 Å². The molecule has 48 heavy (non-hydrogen) atoms.